The van der Waals surface area contributed by atoms with Gasteiger partial charge in [0.1, 0.15) is 0 Å². The summed E-state index contributed by atoms with van der Waals surface area (Å²) < 4.78 is 23.7. The Morgan fingerprint density at radius 3 is 2.77 bits per heavy atom. The molecule has 0 saturated carbocycles. The van der Waals surface area contributed by atoms with Crippen LogP contribution in [0.3, 0.4) is 0 Å². The Morgan fingerprint density at radius 2 is 2.31 bits per heavy atom. The van der Waals surface area contributed by atoms with Crippen molar-refractivity contribution in [1.29, 1.82) is 0 Å². The molecule has 1 amide bonds. The number of halogens is 1. The first-order valence-electron chi connectivity index (χ1n) is 3.39. The second kappa shape index (κ2) is 3.51. The molecule has 0 unspecified atom stereocenters. The number of amides is 1. The maximum absolute atomic E-state index is 10.8. The largest absolute Gasteiger partial charge is 0.323 e. The van der Waals surface area contributed by atoms with Gasteiger partial charge in [0.25, 0.3) is 0 Å². The van der Waals surface area contributed by atoms with E-state index < -0.39 is 15.4 Å². The topological polar surface area (TPSA) is 78.8 Å². The maximum atomic E-state index is 10.8. The van der Waals surface area contributed by atoms with Gasteiger partial charge in [0.2, 0.25) is 16.0 Å². The molecule has 0 bridgehead atoms. The molecule has 0 atom stereocenters. The van der Waals surface area contributed by atoms with Crippen LogP contribution in [0.25, 0.3) is 0 Å². The van der Waals surface area contributed by atoms with Gasteiger partial charge < -0.3 is 0 Å². The minimum Gasteiger partial charge on any atom is -0.266 e. The summed E-state index contributed by atoms with van der Waals surface area (Å²) in [6, 6.07) is 0. The second-order valence-corrected chi connectivity index (χ2v) is 4.56. The van der Waals surface area contributed by atoms with Gasteiger partial charge in [0.05, 0.1) is 12.8 Å². The van der Waals surface area contributed by atoms with Crippen molar-refractivity contribution in [3.05, 3.63) is 0 Å². The fourth-order valence-corrected chi connectivity index (χ4v) is 1.54. The third-order valence-corrected chi connectivity index (χ3v) is 2.09. The molecule has 6 nitrogen and oxygen atoms in total. The highest BCUT2D eigenvalue weighted by molar-refractivity contribution is 7.89. The number of hydrogen-bond donors (Lipinski definition) is 1. The Labute approximate surface area is 80.6 Å². The average Bonchev–Trinajstić information content (AvgIpc) is 2.31. The third kappa shape index (κ3) is 2.85. The molecule has 13 heavy (non-hydrogen) atoms. The van der Waals surface area contributed by atoms with Crippen molar-refractivity contribution in [2.75, 3.05) is 19.3 Å². The van der Waals surface area contributed by atoms with Gasteiger partial charge in [-0.25, -0.2) is 8.42 Å². The van der Waals surface area contributed by atoms with Crippen LogP contribution in [0.5, 0.6) is 0 Å². The Kier molecular flexibility index (Phi) is 2.77. The number of carbonyl (C=O) groups excluding carboxylic acids is 1. The molecular formula is C5H8ClN3O3S. The fraction of sp³-hybridized carbons (Fsp3) is 0.600. The summed E-state index contributed by atoms with van der Waals surface area (Å²) in [5, 5.41) is -0.743. The SMILES string of the molecule is CS(=O)(=O)NC1=NCCN1C(=O)Cl. The molecule has 0 aliphatic carbocycles. The van der Waals surface area contributed by atoms with Crippen LogP contribution in [-0.2, 0) is 10.0 Å². The number of hydrogen-bond acceptors (Lipinski definition) is 4. The molecule has 0 spiro atoms. The number of rotatable bonds is 1. The Hall–Kier alpha value is -0.820. The quantitative estimate of drug-likeness (QED) is 0.486. The van der Waals surface area contributed by atoms with Crippen molar-refractivity contribution in [2.45, 2.75) is 0 Å². The van der Waals surface area contributed by atoms with Gasteiger partial charge in [-0.3, -0.25) is 19.4 Å². The molecular weight excluding hydrogens is 218 g/mol. The second-order valence-electron chi connectivity index (χ2n) is 2.48. The summed E-state index contributed by atoms with van der Waals surface area (Å²) in [6.07, 6.45) is 0.977. The van der Waals surface area contributed by atoms with Crippen molar-refractivity contribution in [3.8, 4) is 0 Å². The zero-order valence-electron chi connectivity index (χ0n) is 6.82. The van der Waals surface area contributed by atoms with E-state index in [1.165, 1.54) is 0 Å². The first-order valence-corrected chi connectivity index (χ1v) is 5.66. The van der Waals surface area contributed by atoms with E-state index in [1.807, 2.05) is 0 Å². The van der Waals surface area contributed by atoms with E-state index in [-0.39, 0.29) is 5.96 Å². The molecule has 1 N–H and O–H groups in total. The lowest BCUT2D eigenvalue weighted by Gasteiger charge is -2.14. The van der Waals surface area contributed by atoms with E-state index in [2.05, 4.69) is 9.71 Å². The highest BCUT2D eigenvalue weighted by Crippen LogP contribution is 2.04. The van der Waals surface area contributed by atoms with Gasteiger partial charge in [0, 0.05) is 6.54 Å². The van der Waals surface area contributed by atoms with Gasteiger partial charge in [-0.05, 0) is 11.6 Å². The Morgan fingerprint density at radius 1 is 1.69 bits per heavy atom. The van der Waals surface area contributed by atoms with Crippen LogP contribution in [0.15, 0.2) is 4.99 Å². The van der Waals surface area contributed by atoms with Crippen LogP contribution in [0, 0.1) is 0 Å². The molecule has 0 aromatic rings. The molecule has 1 rings (SSSR count). The zero-order valence-corrected chi connectivity index (χ0v) is 8.39. The average molecular weight is 226 g/mol. The lowest BCUT2D eigenvalue weighted by Crippen LogP contribution is -2.42. The summed E-state index contributed by atoms with van der Waals surface area (Å²) in [4.78, 5) is 15.5. The van der Waals surface area contributed by atoms with Crippen LogP contribution < -0.4 is 4.72 Å². The smallest absolute Gasteiger partial charge is 0.266 e. The number of nitrogens with zero attached hydrogens (tertiary/aromatic N) is 2. The summed E-state index contributed by atoms with van der Waals surface area (Å²) in [5.74, 6) is -0.0116. The van der Waals surface area contributed by atoms with E-state index in [0.29, 0.717) is 13.1 Å². The normalized spacial score (nSPS) is 17.1. The fourth-order valence-electron chi connectivity index (χ4n) is 0.872. The van der Waals surface area contributed by atoms with Crippen molar-refractivity contribution in [2.24, 2.45) is 4.99 Å². The number of aliphatic imine (C=N–C) groups is 1. The molecule has 0 aromatic heterocycles. The van der Waals surface area contributed by atoms with Gasteiger partial charge >= 0.3 is 5.37 Å². The van der Waals surface area contributed by atoms with Crippen LogP contribution >= 0.6 is 11.6 Å². The predicted octanol–water partition coefficient (Wildman–Crippen LogP) is -0.434. The Bertz CT molecular complexity index is 350. The first kappa shape index (κ1) is 10.3. The number of carbonyl (C=O) groups is 1. The number of nitrogens with one attached hydrogen (secondary N) is 1. The summed E-state index contributed by atoms with van der Waals surface area (Å²) in [6.45, 7) is 0.663. The Balaban J connectivity index is 2.75. The van der Waals surface area contributed by atoms with Crippen molar-refractivity contribution in [1.82, 2.24) is 9.62 Å². The summed E-state index contributed by atoms with van der Waals surface area (Å²) in [5.41, 5.74) is 0. The van der Waals surface area contributed by atoms with E-state index in [0.717, 1.165) is 11.2 Å². The van der Waals surface area contributed by atoms with Crippen LogP contribution in [0.1, 0.15) is 0 Å². The molecule has 8 heteroatoms. The van der Waals surface area contributed by atoms with E-state index >= 15 is 0 Å². The first-order chi connectivity index (χ1) is 5.90. The standard InChI is InChI=1S/C5H8ClN3O3S/c1-13(11,12)8-5-7-2-3-9(5)4(6)10/h2-3H2,1H3,(H,7,8). The van der Waals surface area contributed by atoms with Gasteiger partial charge in [0.15, 0.2) is 0 Å². The number of sulfonamides is 1. The molecule has 1 heterocycles. The molecule has 0 fully saturated rings. The molecule has 1 aliphatic rings. The molecule has 0 radical (unpaired) electrons. The third-order valence-electron chi connectivity index (χ3n) is 1.33. The molecule has 0 saturated heterocycles. The molecule has 74 valence electrons. The van der Waals surface area contributed by atoms with E-state index in [1.54, 1.807) is 0 Å². The lowest BCUT2D eigenvalue weighted by molar-refractivity contribution is 0.245. The van der Waals surface area contributed by atoms with Crippen molar-refractivity contribution < 1.29 is 13.2 Å². The van der Waals surface area contributed by atoms with E-state index in [9.17, 15) is 13.2 Å². The van der Waals surface area contributed by atoms with Gasteiger partial charge in [-0.1, -0.05) is 0 Å². The maximum Gasteiger partial charge on any atom is 0.323 e. The highest BCUT2D eigenvalue weighted by atomic mass is 35.5. The van der Waals surface area contributed by atoms with Gasteiger partial charge in [-0.2, -0.15) is 0 Å². The van der Waals surface area contributed by atoms with Gasteiger partial charge in [-0.15, -0.1) is 0 Å². The zero-order chi connectivity index (χ0) is 10.1. The lowest BCUT2D eigenvalue weighted by atomic mass is 10.6. The molecule has 1 aliphatic heterocycles. The highest BCUT2D eigenvalue weighted by Gasteiger charge is 2.24. The van der Waals surface area contributed by atoms with Crippen molar-refractivity contribution in [3.63, 3.8) is 0 Å². The minimum absolute atomic E-state index is 0.0116. The van der Waals surface area contributed by atoms with Crippen molar-refractivity contribution >= 4 is 33.0 Å². The van der Waals surface area contributed by atoms with Crippen LogP contribution in [-0.4, -0.2) is 44.0 Å². The monoisotopic (exact) mass is 225 g/mol. The molecule has 0 aromatic carbocycles. The predicted molar refractivity (Wildman–Crippen MR) is 48.2 cm³/mol. The summed E-state index contributed by atoms with van der Waals surface area (Å²) in [7, 11) is -3.41. The number of guanidine groups is 1. The minimum atomic E-state index is -3.41. The van der Waals surface area contributed by atoms with Crippen LogP contribution in [0.2, 0.25) is 0 Å². The van der Waals surface area contributed by atoms with E-state index in [4.69, 9.17) is 11.6 Å². The van der Waals surface area contributed by atoms with Crippen LogP contribution in [0.4, 0.5) is 4.79 Å². The summed E-state index contributed by atoms with van der Waals surface area (Å²) >= 11 is 5.18.